The Morgan fingerprint density at radius 3 is 2.62 bits per heavy atom. The third-order valence-corrected chi connectivity index (χ3v) is 3.39. The molecule has 0 fully saturated rings. The Hall–Kier alpha value is -0.830. The quantitative estimate of drug-likeness (QED) is 0.796. The molecule has 0 aliphatic carbocycles. The number of carbonyl (C=O) groups is 1. The predicted octanol–water partition coefficient (Wildman–Crippen LogP) is 2.93. The summed E-state index contributed by atoms with van der Waals surface area (Å²) in [6.07, 6.45) is 2.04. The minimum atomic E-state index is 0.235. The molecule has 4 heteroatoms. The fourth-order valence-corrected chi connectivity index (χ4v) is 1.89. The van der Waals surface area contributed by atoms with Gasteiger partial charge in [-0.3, -0.25) is 9.48 Å². The molecular weight excluding hydrogens is 224 g/mol. The minimum Gasteiger partial charge on any atom is -0.299 e. The highest BCUT2D eigenvalue weighted by molar-refractivity contribution is 6.32. The van der Waals surface area contributed by atoms with Crippen LogP contribution in [0.1, 0.15) is 38.1 Å². The van der Waals surface area contributed by atoms with Crippen molar-refractivity contribution in [2.24, 2.45) is 13.0 Å². The SMILES string of the molecule is CCC(C)CC(=O)Cc1c(Cl)c(C)nn1C. The van der Waals surface area contributed by atoms with Crippen molar-refractivity contribution < 1.29 is 4.79 Å². The van der Waals surface area contributed by atoms with Crippen molar-refractivity contribution in [3.63, 3.8) is 0 Å². The smallest absolute Gasteiger partial charge is 0.139 e. The maximum atomic E-state index is 11.8. The van der Waals surface area contributed by atoms with E-state index in [-0.39, 0.29) is 5.78 Å². The topological polar surface area (TPSA) is 34.9 Å². The summed E-state index contributed by atoms with van der Waals surface area (Å²) < 4.78 is 1.70. The fourth-order valence-electron chi connectivity index (χ4n) is 1.66. The Kier molecular flexibility index (Phi) is 4.54. The number of hydrogen-bond acceptors (Lipinski definition) is 2. The number of aryl methyl sites for hydroxylation is 2. The Morgan fingerprint density at radius 2 is 2.19 bits per heavy atom. The van der Waals surface area contributed by atoms with Crippen LogP contribution in [0, 0.1) is 12.8 Å². The molecule has 0 saturated heterocycles. The van der Waals surface area contributed by atoms with Gasteiger partial charge in [0.15, 0.2) is 0 Å². The lowest BCUT2D eigenvalue weighted by atomic mass is 10.00. The third-order valence-electron chi connectivity index (χ3n) is 2.90. The molecule has 1 rings (SSSR count). The number of nitrogens with zero attached hydrogens (tertiary/aromatic N) is 2. The average Bonchev–Trinajstić information content (AvgIpc) is 2.45. The molecule has 0 aliphatic heterocycles. The van der Waals surface area contributed by atoms with Crippen LogP contribution in [0.15, 0.2) is 0 Å². The van der Waals surface area contributed by atoms with Gasteiger partial charge in [-0.15, -0.1) is 0 Å². The molecule has 1 unspecified atom stereocenters. The lowest BCUT2D eigenvalue weighted by Gasteiger charge is -2.07. The predicted molar refractivity (Wildman–Crippen MR) is 65.7 cm³/mol. The fraction of sp³-hybridized carbons (Fsp3) is 0.667. The van der Waals surface area contributed by atoms with E-state index in [9.17, 15) is 4.79 Å². The van der Waals surface area contributed by atoms with Gasteiger partial charge in [0.05, 0.1) is 16.4 Å². The van der Waals surface area contributed by atoms with E-state index in [0.29, 0.717) is 23.8 Å². The first-order valence-electron chi connectivity index (χ1n) is 5.65. The molecule has 1 heterocycles. The van der Waals surface area contributed by atoms with E-state index in [1.165, 1.54) is 0 Å². The normalized spacial score (nSPS) is 12.8. The van der Waals surface area contributed by atoms with Crippen LogP contribution >= 0.6 is 11.6 Å². The van der Waals surface area contributed by atoms with Gasteiger partial charge in [0.25, 0.3) is 0 Å². The number of Topliss-reactive ketones (excluding diaryl/α,β-unsaturated/α-hetero) is 1. The second-order valence-corrected chi connectivity index (χ2v) is 4.78. The molecule has 0 saturated carbocycles. The highest BCUT2D eigenvalue weighted by Gasteiger charge is 2.15. The number of rotatable bonds is 5. The van der Waals surface area contributed by atoms with Gasteiger partial charge in [-0.2, -0.15) is 5.10 Å². The Morgan fingerprint density at radius 1 is 1.56 bits per heavy atom. The number of halogens is 1. The van der Waals surface area contributed by atoms with E-state index in [0.717, 1.165) is 17.8 Å². The third kappa shape index (κ3) is 3.08. The van der Waals surface area contributed by atoms with E-state index >= 15 is 0 Å². The van der Waals surface area contributed by atoms with Crippen molar-refractivity contribution in [1.82, 2.24) is 9.78 Å². The number of ketones is 1. The van der Waals surface area contributed by atoms with E-state index in [1.807, 2.05) is 14.0 Å². The van der Waals surface area contributed by atoms with E-state index < -0.39 is 0 Å². The molecular formula is C12H19ClN2O. The Labute approximate surface area is 102 Å². The zero-order valence-electron chi connectivity index (χ0n) is 10.4. The van der Waals surface area contributed by atoms with Crippen molar-refractivity contribution in [3.8, 4) is 0 Å². The summed E-state index contributed by atoms with van der Waals surface area (Å²) in [5.41, 5.74) is 1.61. The van der Waals surface area contributed by atoms with E-state index in [2.05, 4.69) is 18.9 Å². The van der Waals surface area contributed by atoms with Crippen LogP contribution in [0.4, 0.5) is 0 Å². The lowest BCUT2D eigenvalue weighted by molar-refractivity contribution is -0.119. The zero-order chi connectivity index (χ0) is 12.3. The standard InChI is InChI=1S/C12H19ClN2O/c1-5-8(2)6-10(16)7-11-12(13)9(3)14-15(11)4/h8H,5-7H2,1-4H3. The van der Waals surface area contributed by atoms with Crippen LogP contribution in [-0.4, -0.2) is 15.6 Å². The van der Waals surface area contributed by atoms with Crippen molar-refractivity contribution in [2.45, 2.75) is 40.0 Å². The van der Waals surface area contributed by atoms with Crippen molar-refractivity contribution >= 4 is 17.4 Å². The highest BCUT2D eigenvalue weighted by Crippen LogP contribution is 2.21. The molecule has 1 aromatic heterocycles. The zero-order valence-corrected chi connectivity index (χ0v) is 11.1. The largest absolute Gasteiger partial charge is 0.299 e. The van der Waals surface area contributed by atoms with Crippen LogP contribution in [0.2, 0.25) is 5.02 Å². The van der Waals surface area contributed by atoms with Gasteiger partial charge >= 0.3 is 0 Å². The van der Waals surface area contributed by atoms with Gasteiger partial charge in [0, 0.05) is 19.9 Å². The van der Waals surface area contributed by atoms with Gasteiger partial charge in [0.1, 0.15) is 5.78 Å². The molecule has 0 aromatic carbocycles. The maximum Gasteiger partial charge on any atom is 0.139 e. The van der Waals surface area contributed by atoms with Crippen molar-refractivity contribution in [3.05, 3.63) is 16.4 Å². The summed E-state index contributed by atoms with van der Waals surface area (Å²) in [6, 6.07) is 0. The molecule has 90 valence electrons. The summed E-state index contributed by atoms with van der Waals surface area (Å²) in [5.74, 6) is 0.680. The van der Waals surface area contributed by atoms with Crippen LogP contribution < -0.4 is 0 Å². The van der Waals surface area contributed by atoms with Crippen LogP contribution in [0.25, 0.3) is 0 Å². The van der Waals surface area contributed by atoms with Crippen LogP contribution in [-0.2, 0) is 18.3 Å². The Balaban J connectivity index is 2.70. The van der Waals surface area contributed by atoms with E-state index in [4.69, 9.17) is 11.6 Å². The van der Waals surface area contributed by atoms with Crippen LogP contribution in [0.5, 0.6) is 0 Å². The monoisotopic (exact) mass is 242 g/mol. The lowest BCUT2D eigenvalue weighted by Crippen LogP contribution is -2.11. The minimum absolute atomic E-state index is 0.235. The highest BCUT2D eigenvalue weighted by atomic mass is 35.5. The van der Waals surface area contributed by atoms with Crippen molar-refractivity contribution in [1.29, 1.82) is 0 Å². The van der Waals surface area contributed by atoms with Gasteiger partial charge in [-0.1, -0.05) is 31.9 Å². The number of carbonyl (C=O) groups excluding carboxylic acids is 1. The second kappa shape index (κ2) is 5.48. The van der Waals surface area contributed by atoms with Crippen LogP contribution in [0.3, 0.4) is 0 Å². The molecule has 0 radical (unpaired) electrons. The molecule has 3 nitrogen and oxygen atoms in total. The van der Waals surface area contributed by atoms with Gasteiger partial charge in [-0.05, 0) is 12.8 Å². The second-order valence-electron chi connectivity index (χ2n) is 4.40. The van der Waals surface area contributed by atoms with E-state index in [1.54, 1.807) is 4.68 Å². The first-order valence-corrected chi connectivity index (χ1v) is 6.03. The first kappa shape index (κ1) is 13.2. The summed E-state index contributed by atoms with van der Waals surface area (Å²) >= 11 is 6.09. The molecule has 0 amide bonds. The molecule has 1 aromatic rings. The average molecular weight is 243 g/mol. The number of hydrogen-bond donors (Lipinski definition) is 0. The van der Waals surface area contributed by atoms with Gasteiger partial charge in [0.2, 0.25) is 0 Å². The summed E-state index contributed by atoms with van der Waals surface area (Å²) in [7, 11) is 1.82. The molecule has 0 N–H and O–H groups in total. The van der Waals surface area contributed by atoms with Gasteiger partial charge in [-0.25, -0.2) is 0 Å². The molecule has 0 spiro atoms. The summed E-state index contributed by atoms with van der Waals surface area (Å²) in [4.78, 5) is 11.8. The number of aromatic nitrogens is 2. The summed E-state index contributed by atoms with van der Waals surface area (Å²) in [6.45, 7) is 6.04. The maximum absolute atomic E-state index is 11.8. The van der Waals surface area contributed by atoms with Gasteiger partial charge < -0.3 is 0 Å². The molecule has 1 atom stereocenters. The Bertz CT molecular complexity index is 385. The first-order chi connectivity index (χ1) is 7.45. The molecule has 0 aliphatic rings. The summed E-state index contributed by atoms with van der Waals surface area (Å²) in [5, 5.41) is 4.82. The molecule has 0 bridgehead atoms. The van der Waals surface area contributed by atoms with Crippen molar-refractivity contribution in [2.75, 3.05) is 0 Å². The molecule has 16 heavy (non-hydrogen) atoms.